The highest BCUT2D eigenvalue weighted by atomic mass is 35.5. The molecule has 0 atom stereocenters. The summed E-state index contributed by atoms with van der Waals surface area (Å²) in [4.78, 5) is 0. The Labute approximate surface area is 143 Å². The summed E-state index contributed by atoms with van der Waals surface area (Å²) in [6, 6.07) is 13.7. The molecule has 0 bridgehead atoms. The van der Waals surface area contributed by atoms with Crippen LogP contribution >= 0.6 is 24.0 Å². The largest absolute Gasteiger partial charge is 0.496 e. The van der Waals surface area contributed by atoms with Crippen molar-refractivity contribution in [3.63, 3.8) is 0 Å². The van der Waals surface area contributed by atoms with E-state index in [9.17, 15) is 0 Å². The number of nitrogens with one attached hydrogen (secondary N) is 1. The average Bonchev–Trinajstić information content (AvgIpc) is 2.50. The molecule has 0 aromatic heterocycles. The lowest BCUT2D eigenvalue weighted by Gasteiger charge is -2.13. The summed E-state index contributed by atoms with van der Waals surface area (Å²) < 4.78 is 11.0. The van der Waals surface area contributed by atoms with Gasteiger partial charge in [0.2, 0.25) is 0 Å². The minimum absolute atomic E-state index is 0. The predicted molar refractivity (Wildman–Crippen MR) is 93.4 cm³/mol. The minimum atomic E-state index is 0. The second kappa shape index (κ2) is 9.57. The Morgan fingerprint density at radius 1 is 1.00 bits per heavy atom. The van der Waals surface area contributed by atoms with E-state index in [0.29, 0.717) is 18.2 Å². The number of rotatable bonds is 7. The highest BCUT2D eigenvalue weighted by molar-refractivity contribution is 6.30. The van der Waals surface area contributed by atoms with Crippen LogP contribution in [0.5, 0.6) is 11.5 Å². The molecule has 2 rings (SSSR count). The van der Waals surface area contributed by atoms with Crippen LogP contribution in [0.1, 0.15) is 18.1 Å². The van der Waals surface area contributed by atoms with Crippen LogP contribution in [-0.4, -0.2) is 13.7 Å². The predicted octanol–water partition coefficient (Wildman–Crippen LogP) is 4.46. The second-order valence-electron chi connectivity index (χ2n) is 4.60. The fraction of sp³-hybridized carbons (Fsp3) is 0.294. The molecular formula is C17H21Cl2NO2. The van der Waals surface area contributed by atoms with Gasteiger partial charge in [-0.2, -0.15) is 0 Å². The van der Waals surface area contributed by atoms with E-state index in [0.717, 1.165) is 29.2 Å². The van der Waals surface area contributed by atoms with Crippen LogP contribution in [0.25, 0.3) is 0 Å². The summed E-state index contributed by atoms with van der Waals surface area (Å²) in [6.45, 7) is 4.03. The molecule has 0 unspecified atom stereocenters. The topological polar surface area (TPSA) is 30.5 Å². The Morgan fingerprint density at radius 2 is 1.73 bits per heavy atom. The zero-order valence-electron chi connectivity index (χ0n) is 12.8. The summed E-state index contributed by atoms with van der Waals surface area (Å²) in [5.41, 5.74) is 2.18. The van der Waals surface area contributed by atoms with Gasteiger partial charge in [0.1, 0.15) is 11.5 Å². The van der Waals surface area contributed by atoms with Gasteiger partial charge in [0.15, 0.2) is 0 Å². The van der Waals surface area contributed by atoms with Gasteiger partial charge in [-0.25, -0.2) is 0 Å². The van der Waals surface area contributed by atoms with Crippen molar-refractivity contribution in [1.82, 2.24) is 5.32 Å². The van der Waals surface area contributed by atoms with Crippen molar-refractivity contribution in [3.8, 4) is 11.5 Å². The van der Waals surface area contributed by atoms with Gasteiger partial charge in [-0.3, -0.25) is 0 Å². The summed E-state index contributed by atoms with van der Waals surface area (Å²) in [5, 5.41) is 4.12. The number of methoxy groups -OCH3 is 1. The standard InChI is InChI=1S/C17H20ClNO2.ClH/c1-3-21-17-9-8-15(18)10-14(17)12-19-11-13-6-4-5-7-16(13)20-2;/h4-10,19H,3,11-12H2,1-2H3;1H. The molecule has 5 heteroatoms. The third-order valence-corrected chi connectivity index (χ3v) is 3.38. The van der Waals surface area contributed by atoms with Gasteiger partial charge in [-0.05, 0) is 31.2 Å². The number of benzene rings is 2. The van der Waals surface area contributed by atoms with Crippen LogP contribution in [0.15, 0.2) is 42.5 Å². The molecule has 22 heavy (non-hydrogen) atoms. The fourth-order valence-electron chi connectivity index (χ4n) is 2.16. The lowest BCUT2D eigenvalue weighted by atomic mass is 10.1. The van der Waals surface area contributed by atoms with E-state index in [-0.39, 0.29) is 12.4 Å². The number of para-hydroxylation sites is 1. The number of hydrogen-bond donors (Lipinski definition) is 1. The summed E-state index contributed by atoms with van der Waals surface area (Å²) in [7, 11) is 1.68. The first-order valence-electron chi connectivity index (χ1n) is 6.98. The van der Waals surface area contributed by atoms with Crippen LogP contribution in [0, 0.1) is 0 Å². The fourth-order valence-corrected chi connectivity index (χ4v) is 2.36. The molecular weight excluding hydrogens is 321 g/mol. The van der Waals surface area contributed by atoms with Gasteiger partial charge in [0.05, 0.1) is 13.7 Å². The Balaban J connectivity index is 0.00000242. The number of hydrogen-bond acceptors (Lipinski definition) is 3. The van der Waals surface area contributed by atoms with Gasteiger partial charge >= 0.3 is 0 Å². The molecule has 0 radical (unpaired) electrons. The smallest absolute Gasteiger partial charge is 0.123 e. The molecule has 0 saturated heterocycles. The first-order chi connectivity index (χ1) is 10.2. The van der Waals surface area contributed by atoms with Crippen molar-refractivity contribution in [2.75, 3.05) is 13.7 Å². The van der Waals surface area contributed by atoms with E-state index < -0.39 is 0 Å². The maximum atomic E-state index is 6.06. The zero-order chi connectivity index (χ0) is 15.1. The normalized spacial score (nSPS) is 9.95. The lowest BCUT2D eigenvalue weighted by molar-refractivity contribution is 0.335. The molecule has 0 amide bonds. The molecule has 0 aliphatic rings. The third-order valence-electron chi connectivity index (χ3n) is 3.15. The zero-order valence-corrected chi connectivity index (χ0v) is 14.3. The van der Waals surface area contributed by atoms with Crippen LogP contribution in [-0.2, 0) is 13.1 Å². The Hall–Kier alpha value is -1.42. The van der Waals surface area contributed by atoms with Crippen LogP contribution in [0.2, 0.25) is 5.02 Å². The van der Waals surface area contributed by atoms with Crippen molar-refractivity contribution in [2.45, 2.75) is 20.0 Å². The van der Waals surface area contributed by atoms with Crippen LogP contribution in [0.3, 0.4) is 0 Å². The van der Waals surface area contributed by atoms with E-state index >= 15 is 0 Å². The van der Waals surface area contributed by atoms with Crippen molar-refractivity contribution in [3.05, 3.63) is 58.6 Å². The molecule has 0 aliphatic heterocycles. The quantitative estimate of drug-likeness (QED) is 0.806. The Kier molecular flexibility index (Phi) is 8.10. The molecule has 0 aliphatic carbocycles. The monoisotopic (exact) mass is 341 g/mol. The molecule has 0 spiro atoms. The number of halogens is 2. The van der Waals surface area contributed by atoms with E-state index in [2.05, 4.69) is 5.32 Å². The van der Waals surface area contributed by atoms with Gasteiger partial charge in [0.25, 0.3) is 0 Å². The lowest BCUT2D eigenvalue weighted by Crippen LogP contribution is -2.14. The first kappa shape index (κ1) is 18.6. The van der Waals surface area contributed by atoms with E-state index in [1.54, 1.807) is 7.11 Å². The maximum Gasteiger partial charge on any atom is 0.123 e. The van der Waals surface area contributed by atoms with Crippen molar-refractivity contribution < 1.29 is 9.47 Å². The average molecular weight is 342 g/mol. The van der Waals surface area contributed by atoms with Crippen LogP contribution in [0.4, 0.5) is 0 Å². The molecule has 1 N–H and O–H groups in total. The van der Waals surface area contributed by atoms with Gasteiger partial charge in [0, 0.05) is 29.2 Å². The van der Waals surface area contributed by atoms with E-state index in [4.69, 9.17) is 21.1 Å². The molecule has 3 nitrogen and oxygen atoms in total. The maximum absolute atomic E-state index is 6.06. The highest BCUT2D eigenvalue weighted by Crippen LogP contribution is 2.23. The third kappa shape index (κ3) is 5.09. The van der Waals surface area contributed by atoms with Crippen LogP contribution < -0.4 is 14.8 Å². The minimum Gasteiger partial charge on any atom is -0.496 e. The summed E-state index contributed by atoms with van der Waals surface area (Å²) >= 11 is 6.06. The van der Waals surface area contributed by atoms with Crippen molar-refractivity contribution in [2.24, 2.45) is 0 Å². The molecule has 2 aromatic rings. The molecule has 0 fully saturated rings. The van der Waals surface area contributed by atoms with Crippen molar-refractivity contribution >= 4 is 24.0 Å². The Bertz CT molecular complexity index is 591. The van der Waals surface area contributed by atoms with Crippen molar-refractivity contribution in [1.29, 1.82) is 0 Å². The number of ether oxygens (including phenoxy) is 2. The second-order valence-corrected chi connectivity index (χ2v) is 5.04. The van der Waals surface area contributed by atoms with E-state index in [1.165, 1.54) is 0 Å². The molecule has 120 valence electrons. The first-order valence-corrected chi connectivity index (χ1v) is 7.36. The Morgan fingerprint density at radius 3 is 2.45 bits per heavy atom. The SMILES string of the molecule is CCOc1ccc(Cl)cc1CNCc1ccccc1OC.Cl. The van der Waals surface area contributed by atoms with Gasteiger partial charge < -0.3 is 14.8 Å². The van der Waals surface area contributed by atoms with E-state index in [1.807, 2.05) is 49.4 Å². The summed E-state index contributed by atoms with van der Waals surface area (Å²) in [6.07, 6.45) is 0. The molecule has 2 aromatic carbocycles. The van der Waals surface area contributed by atoms with Gasteiger partial charge in [-0.15, -0.1) is 12.4 Å². The molecule has 0 saturated carbocycles. The van der Waals surface area contributed by atoms with Gasteiger partial charge in [-0.1, -0.05) is 29.8 Å². The summed E-state index contributed by atoms with van der Waals surface area (Å²) in [5.74, 6) is 1.76. The molecule has 0 heterocycles. The highest BCUT2D eigenvalue weighted by Gasteiger charge is 2.06.